The van der Waals surface area contributed by atoms with Crippen LogP contribution in [0, 0.1) is 17.8 Å². The van der Waals surface area contributed by atoms with E-state index in [-0.39, 0.29) is 24.7 Å². The van der Waals surface area contributed by atoms with Crippen molar-refractivity contribution in [3.8, 4) is 0 Å². The average Bonchev–Trinajstić information content (AvgIpc) is 2.88. The van der Waals surface area contributed by atoms with E-state index >= 15 is 0 Å². The summed E-state index contributed by atoms with van der Waals surface area (Å²) in [6, 6.07) is -0.873. The van der Waals surface area contributed by atoms with Gasteiger partial charge in [0.25, 0.3) is 11.7 Å². The lowest BCUT2D eigenvalue weighted by Gasteiger charge is -2.38. The Morgan fingerprint density at radius 1 is 1.05 bits per heavy atom. The number of amides is 1. The second kappa shape index (κ2) is 14.0. The van der Waals surface area contributed by atoms with Gasteiger partial charge in [0.1, 0.15) is 12.1 Å². The number of ketones is 1. The van der Waals surface area contributed by atoms with Crippen LogP contribution in [0.15, 0.2) is 0 Å². The molecule has 37 heavy (non-hydrogen) atoms. The van der Waals surface area contributed by atoms with Gasteiger partial charge in [0.15, 0.2) is 0 Å². The zero-order valence-corrected chi connectivity index (χ0v) is 23.8. The number of methoxy groups -OCH3 is 1. The number of piperidine rings is 1. The molecule has 0 bridgehead atoms. The van der Waals surface area contributed by atoms with Crippen LogP contribution in [0.5, 0.6) is 0 Å². The summed E-state index contributed by atoms with van der Waals surface area (Å²) in [6.07, 6.45) is 4.17. The van der Waals surface area contributed by atoms with Gasteiger partial charge in [-0.25, -0.2) is 4.79 Å². The van der Waals surface area contributed by atoms with Crippen LogP contribution in [0.3, 0.4) is 0 Å². The molecule has 9 heteroatoms. The van der Waals surface area contributed by atoms with E-state index in [1.54, 1.807) is 27.9 Å². The van der Waals surface area contributed by atoms with Gasteiger partial charge in [-0.3, -0.25) is 9.59 Å². The number of aliphatic hydroxyl groups excluding tert-OH is 1. The Bertz CT molecular complexity index is 773. The van der Waals surface area contributed by atoms with Crippen LogP contribution < -0.4 is 0 Å². The second-order valence-corrected chi connectivity index (χ2v) is 11.4. The first-order valence-corrected chi connectivity index (χ1v) is 14.0. The standard InChI is InChI=1S/C28H49NO8/c1-8-19(5)37-28(34,17(2)3)25(31)26(32)29-14-10-9-11-22(29)27(33)36-20(6)18(4)15-21-12-13-23(30)24(16-21)35-7/h17-24,30,34H,8-16H2,1-7H3. The molecule has 0 aromatic heterocycles. The van der Waals surface area contributed by atoms with Crippen molar-refractivity contribution in [1.82, 2.24) is 4.90 Å². The highest BCUT2D eigenvalue weighted by molar-refractivity contribution is 6.39. The third-order valence-electron chi connectivity index (χ3n) is 8.27. The van der Waals surface area contributed by atoms with Crippen molar-refractivity contribution in [2.24, 2.45) is 17.8 Å². The van der Waals surface area contributed by atoms with Crippen molar-refractivity contribution in [3.05, 3.63) is 0 Å². The van der Waals surface area contributed by atoms with E-state index < -0.39 is 47.6 Å². The molecule has 214 valence electrons. The van der Waals surface area contributed by atoms with Crippen molar-refractivity contribution in [2.45, 2.75) is 129 Å². The zero-order valence-electron chi connectivity index (χ0n) is 23.8. The fourth-order valence-electron chi connectivity index (χ4n) is 5.30. The van der Waals surface area contributed by atoms with Gasteiger partial charge < -0.3 is 29.3 Å². The molecule has 1 saturated heterocycles. The first-order valence-electron chi connectivity index (χ1n) is 14.0. The Balaban J connectivity index is 2.05. The Hall–Kier alpha value is -1.55. The maximum absolute atomic E-state index is 13.3. The van der Waals surface area contributed by atoms with Crippen LogP contribution in [0.4, 0.5) is 0 Å². The maximum Gasteiger partial charge on any atom is 0.329 e. The van der Waals surface area contributed by atoms with Crippen molar-refractivity contribution in [3.63, 3.8) is 0 Å². The van der Waals surface area contributed by atoms with Crippen LogP contribution in [-0.4, -0.2) is 82.7 Å². The molecule has 2 rings (SSSR count). The monoisotopic (exact) mass is 527 g/mol. The van der Waals surface area contributed by atoms with Gasteiger partial charge in [0.2, 0.25) is 5.79 Å². The minimum atomic E-state index is -2.26. The summed E-state index contributed by atoms with van der Waals surface area (Å²) >= 11 is 0. The molecule has 8 unspecified atom stereocenters. The summed E-state index contributed by atoms with van der Waals surface area (Å²) in [7, 11) is 1.62. The number of rotatable bonds is 12. The van der Waals surface area contributed by atoms with Gasteiger partial charge in [-0.1, -0.05) is 27.7 Å². The Morgan fingerprint density at radius 3 is 2.32 bits per heavy atom. The molecule has 0 aromatic carbocycles. The van der Waals surface area contributed by atoms with E-state index in [0.29, 0.717) is 31.6 Å². The third-order valence-corrected chi connectivity index (χ3v) is 8.27. The predicted molar refractivity (Wildman–Crippen MR) is 138 cm³/mol. The largest absolute Gasteiger partial charge is 0.461 e. The Labute approximate surface area is 222 Å². The SMILES string of the molecule is CCC(C)OC(O)(C(=O)C(=O)N1CCCCC1C(=O)OC(C)C(C)CC1CCC(O)C(OC)C1)C(C)C. The minimum absolute atomic E-state index is 0.0750. The van der Waals surface area contributed by atoms with Gasteiger partial charge in [0.05, 0.1) is 18.3 Å². The average molecular weight is 528 g/mol. The molecule has 9 nitrogen and oxygen atoms in total. The number of aliphatic hydroxyl groups is 2. The molecule has 1 aliphatic heterocycles. The summed E-state index contributed by atoms with van der Waals surface area (Å²) < 4.78 is 16.9. The lowest BCUT2D eigenvalue weighted by molar-refractivity contribution is -0.240. The normalized spacial score (nSPS) is 28.8. The van der Waals surface area contributed by atoms with Gasteiger partial charge in [-0.15, -0.1) is 0 Å². The highest BCUT2D eigenvalue weighted by Gasteiger charge is 2.49. The second-order valence-electron chi connectivity index (χ2n) is 11.4. The van der Waals surface area contributed by atoms with E-state index in [0.717, 1.165) is 25.7 Å². The summed E-state index contributed by atoms with van der Waals surface area (Å²) in [5.41, 5.74) is 0. The van der Waals surface area contributed by atoms with Crippen molar-refractivity contribution >= 4 is 17.7 Å². The molecule has 1 saturated carbocycles. The number of Topliss-reactive ketones (excluding diaryl/α,β-unsaturated/α-hetero) is 1. The number of hydrogen-bond acceptors (Lipinski definition) is 8. The third kappa shape index (κ3) is 7.97. The first kappa shape index (κ1) is 31.7. The van der Waals surface area contributed by atoms with Crippen LogP contribution in [0.1, 0.15) is 92.9 Å². The molecule has 0 aromatic rings. The van der Waals surface area contributed by atoms with E-state index in [9.17, 15) is 24.6 Å². The number of likely N-dealkylation sites (tertiary alicyclic amines) is 1. The molecule has 1 aliphatic carbocycles. The zero-order chi connectivity index (χ0) is 27.9. The molecule has 8 atom stereocenters. The lowest BCUT2D eigenvalue weighted by Crippen LogP contribution is -2.59. The number of hydrogen-bond donors (Lipinski definition) is 2. The summed E-state index contributed by atoms with van der Waals surface area (Å²) in [5.74, 6) is -4.93. The summed E-state index contributed by atoms with van der Waals surface area (Å²) in [4.78, 5) is 41.0. The summed E-state index contributed by atoms with van der Waals surface area (Å²) in [5, 5.41) is 21.1. The van der Waals surface area contributed by atoms with Gasteiger partial charge >= 0.3 is 5.97 Å². The van der Waals surface area contributed by atoms with Crippen LogP contribution in [-0.2, 0) is 28.6 Å². The van der Waals surface area contributed by atoms with Gasteiger partial charge in [-0.2, -0.15) is 0 Å². The molecule has 2 aliphatic rings. The summed E-state index contributed by atoms with van der Waals surface area (Å²) in [6.45, 7) is 11.0. The Kier molecular flexibility index (Phi) is 12.0. The highest BCUT2D eigenvalue weighted by Crippen LogP contribution is 2.33. The topological polar surface area (TPSA) is 123 Å². The molecule has 2 fully saturated rings. The van der Waals surface area contributed by atoms with E-state index in [1.165, 1.54) is 4.90 Å². The van der Waals surface area contributed by atoms with Crippen molar-refractivity contribution in [2.75, 3.05) is 13.7 Å². The number of esters is 1. The quantitative estimate of drug-likeness (QED) is 0.225. The van der Waals surface area contributed by atoms with Crippen molar-refractivity contribution in [1.29, 1.82) is 0 Å². The molecule has 2 N–H and O–H groups in total. The van der Waals surface area contributed by atoms with E-state index in [1.807, 2.05) is 20.8 Å². The van der Waals surface area contributed by atoms with E-state index in [2.05, 4.69) is 0 Å². The van der Waals surface area contributed by atoms with Crippen LogP contribution >= 0.6 is 0 Å². The van der Waals surface area contributed by atoms with Gasteiger partial charge in [0, 0.05) is 19.6 Å². The number of ether oxygens (including phenoxy) is 3. The fourth-order valence-corrected chi connectivity index (χ4v) is 5.30. The fraction of sp³-hybridized carbons (Fsp3) is 0.893. The number of carbonyl (C=O) groups is 3. The first-order chi connectivity index (χ1) is 17.3. The molecule has 1 amide bonds. The Morgan fingerprint density at radius 2 is 1.73 bits per heavy atom. The molecular formula is C28H49NO8. The predicted octanol–water partition coefficient (Wildman–Crippen LogP) is 3.23. The van der Waals surface area contributed by atoms with Crippen LogP contribution in [0.25, 0.3) is 0 Å². The molecule has 0 radical (unpaired) electrons. The lowest BCUT2D eigenvalue weighted by atomic mass is 9.79. The van der Waals surface area contributed by atoms with Gasteiger partial charge in [-0.05, 0) is 77.0 Å². The smallest absolute Gasteiger partial charge is 0.329 e. The number of nitrogens with zero attached hydrogens (tertiary/aromatic N) is 1. The molecule has 1 heterocycles. The van der Waals surface area contributed by atoms with Crippen LogP contribution in [0.2, 0.25) is 0 Å². The highest BCUT2D eigenvalue weighted by atomic mass is 16.6. The molecular weight excluding hydrogens is 478 g/mol. The van der Waals surface area contributed by atoms with E-state index in [4.69, 9.17) is 14.2 Å². The number of carbonyl (C=O) groups excluding carboxylic acids is 3. The minimum Gasteiger partial charge on any atom is -0.461 e. The maximum atomic E-state index is 13.3. The molecule has 0 spiro atoms. The van der Waals surface area contributed by atoms with Crippen molar-refractivity contribution < 1.29 is 38.8 Å².